The SMILES string of the molecule is CC(C)(C)n1cc(Nc2nccc(Cl)n2)cn1. The van der Waals surface area contributed by atoms with Crippen LogP contribution in [0, 0.1) is 0 Å². The van der Waals surface area contributed by atoms with E-state index in [1.54, 1.807) is 18.5 Å². The van der Waals surface area contributed by atoms with E-state index in [4.69, 9.17) is 11.6 Å². The van der Waals surface area contributed by atoms with E-state index in [1.807, 2.05) is 10.9 Å². The fourth-order valence-electron chi connectivity index (χ4n) is 1.28. The summed E-state index contributed by atoms with van der Waals surface area (Å²) in [5, 5.41) is 7.73. The van der Waals surface area contributed by atoms with Crippen molar-refractivity contribution in [3.63, 3.8) is 0 Å². The van der Waals surface area contributed by atoms with Gasteiger partial charge in [-0.3, -0.25) is 4.68 Å². The number of halogens is 1. The standard InChI is InChI=1S/C11H14ClN5/c1-11(2,3)17-7-8(6-14-17)15-10-13-5-4-9(12)16-10/h4-7H,1-3H3,(H,13,15,16). The normalized spacial score (nSPS) is 11.5. The zero-order valence-corrected chi connectivity index (χ0v) is 10.7. The maximum Gasteiger partial charge on any atom is 0.228 e. The van der Waals surface area contributed by atoms with E-state index in [-0.39, 0.29) is 5.54 Å². The predicted octanol–water partition coefficient (Wildman–Crippen LogP) is 2.83. The molecule has 0 fully saturated rings. The van der Waals surface area contributed by atoms with Crippen LogP contribution in [0.3, 0.4) is 0 Å². The second-order valence-electron chi connectivity index (χ2n) is 4.67. The van der Waals surface area contributed by atoms with Crippen LogP contribution < -0.4 is 5.32 Å². The molecule has 0 atom stereocenters. The van der Waals surface area contributed by atoms with Crippen molar-refractivity contribution in [2.75, 3.05) is 5.32 Å². The Hall–Kier alpha value is -1.62. The Balaban J connectivity index is 2.17. The summed E-state index contributed by atoms with van der Waals surface area (Å²) < 4.78 is 1.87. The lowest BCUT2D eigenvalue weighted by Crippen LogP contribution is -2.21. The van der Waals surface area contributed by atoms with Crippen molar-refractivity contribution in [2.45, 2.75) is 26.3 Å². The summed E-state index contributed by atoms with van der Waals surface area (Å²) >= 11 is 5.78. The number of rotatable bonds is 2. The van der Waals surface area contributed by atoms with E-state index < -0.39 is 0 Å². The summed E-state index contributed by atoms with van der Waals surface area (Å²) in [6.07, 6.45) is 5.24. The quantitative estimate of drug-likeness (QED) is 0.834. The van der Waals surface area contributed by atoms with Crippen molar-refractivity contribution >= 4 is 23.2 Å². The van der Waals surface area contributed by atoms with Gasteiger partial charge in [0.25, 0.3) is 0 Å². The van der Waals surface area contributed by atoms with Crippen LogP contribution in [-0.4, -0.2) is 19.7 Å². The highest BCUT2D eigenvalue weighted by Gasteiger charge is 2.14. The minimum atomic E-state index is -0.0465. The highest BCUT2D eigenvalue weighted by atomic mass is 35.5. The van der Waals surface area contributed by atoms with Gasteiger partial charge in [0.15, 0.2) is 0 Å². The van der Waals surface area contributed by atoms with Crippen molar-refractivity contribution in [3.05, 3.63) is 29.8 Å². The lowest BCUT2D eigenvalue weighted by Gasteiger charge is -2.18. The first-order valence-corrected chi connectivity index (χ1v) is 5.64. The number of hydrogen-bond donors (Lipinski definition) is 1. The lowest BCUT2D eigenvalue weighted by atomic mass is 10.1. The van der Waals surface area contributed by atoms with Gasteiger partial charge in [0.05, 0.1) is 17.4 Å². The summed E-state index contributed by atoms with van der Waals surface area (Å²) in [5.41, 5.74) is 0.789. The van der Waals surface area contributed by atoms with Crippen molar-refractivity contribution in [2.24, 2.45) is 0 Å². The summed E-state index contributed by atoms with van der Waals surface area (Å²) in [5.74, 6) is 0.464. The zero-order valence-electron chi connectivity index (χ0n) is 9.98. The molecule has 2 aromatic heterocycles. The molecule has 2 rings (SSSR count). The van der Waals surface area contributed by atoms with E-state index in [0.29, 0.717) is 11.1 Å². The Morgan fingerprint density at radius 3 is 2.71 bits per heavy atom. The van der Waals surface area contributed by atoms with Crippen LogP contribution in [0.1, 0.15) is 20.8 Å². The van der Waals surface area contributed by atoms with Gasteiger partial charge in [0.2, 0.25) is 5.95 Å². The average molecular weight is 252 g/mol. The molecule has 2 aromatic rings. The first-order chi connectivity index (χ1) is 7.95. The molecule has 0 saturated heterocycles. The molecule has 5 nitrogen and oxygen atoms in total. The van der Waals surface area contributed by atoms with Crippen molar-refractivity contribution in [1.29, 1.82) is 0 Å². The molecule has 90 valence electrons. The van der Waals surface area contributed by atoms with Gasteiger partial charge < -0.3 is 5.32 Å². The number of aromatic nitrogens is 4. The number of nitrogens with one attached hydrogen (secondary N) is 1. The van der Waals surface area contributed by atoms with Crippen LogP contribution in [0.15, 0.2) is 24.7 Å². The molecule has 0 aromatic carbocycles. The van der Waals surface area contributed by atoms with Gasteiger partial charge in [0.1, 0.15) is 5.15 Å². The highest BCUT2D eigenvalue weighted by molar-refractivity contribution is 6.29. The molecule has 1 N–H and O–H groups in total. The number of anilines is 2. The number of nitrogens with zero attached hydrogens (tertiary/aromatic N) is 4. The van der Waals surface area contributed by atoms with Crippen molar-refractivity contribution < 1.29 is 0 Å². The zero-order chi connectivity index (χ0) is 12.5. The molecule has 17 heavy (non-hydrogen) atoms. The molecular weight excluding hydrogens is 238 g/mol. The molecule has 2 heterocycles. The summed E-state index contributed by atoms with van der Waals surface area (Å²) in [6.45, 7) is 6.25. The van der Waals surface area contributed by atoms with Gasteiger partial charge >= 0.3 is 0 Å². The van der Waals surface area contributed by atoms with E-state index in [1.165, 1.54) is 0 Å². The average Bonchev–Trinajstić information content (AvgIpc) is 2.65. The Kier molecular flexibility index (Phi) is 3.02. The molecule has 0 radical (unpaired) electrons. The van der Waals surface area contributed by atoms with Gasteiger partial charge in [-0.1, -0.05) is 11.6 Å². The Morgan fingerprint density at radius 1 is 1.35 bits per heavy atom. The smallest absolute Gasteiger partial charge is 0.228 e. The minimum absolute atomic E-state index is 0.0465. The Labute approximate surface area is 105 Å². The van der Waals surface area contributed by atoms with Crippen LogP contribution in [0.5, 0.6) is 0 Å². The summed E-state index contributed by atoms with van der Waals surface area (Å²) in [4.78, 5) is 8.11. The second-order valence-corrected chi connectivity index (χ2v) is 5.06. The second kappa shape index (κ2) is 4.33. The molecule has 0 bridgehead atoms. The van der Waals surface area contributed by atoms with E-state index in [9.17, 15) is 0 Å². The van der Waals surface area contributed by atoms with Crippen molar-refractivity contribution in [1.82, 2.24) is 19.7 Å². The maximum atomic E-state index is 5.78. The number of hydrogen-bond acceptors (Lipinski definition) is 4. The topological polar surface area (TPSA) is 55.6 Å². The molecule has 0 amide bonds. The molecule has 0 aliphatic carbocycles. The fraction of sp³-hybridized carbons (Fsp3) is 0.364. The van der Waals surface area contributed by atoms with Gasteiger partial charge in [-0.2, -0.15) is 5.10 Å². The largest absolute Gasteiger partial charge is 0.321 e. The van der Waals surface area contributed by atoms with Gasteiger partial charge in [-0.05, 0) is 26.8 Å². The first kappa shape index (κ1) is 11.9. The summed E-state index contributed by atoms with van der Waals surface area (Å²) in [7, 11) is 0. The van der Waals surface area contributed by atoms with E-state index in [0.717, 1.165) is 5.69 Å². The highest BCUT2D eigenvalue weighted by Crippen LogP contribution is 2.18. The molecule has 0 spiro atoms. The van der Waals surface area contributed by atoms with Crippen LogP contribution in [-0.2, 0) is 5.54 Å². The first-order valence-electron chi connectivity index (χ1n) is 5.26. The minimum Gasteiger partial charge on any atom is -0.321 e. The fourth-order valence-corrected chi connectivity index (χ4v) is 1.42. The Bertz CT molecular complexity index is 515. The third-order valence-corrected chi connectivity index (χ3v) is 2.36. The lowest BCUT2D eigenvalue weighted by molar-refractivity contribution is 0.355. The van der Waals surface area contributed by atoms with Gasteiger partial charge in [-0.15, -0.1) is 0 Å². The molecule has 0 aliphatic rings. The predicted molar refractivity (Wildman–Crippen MR) is 67.5 cm³/mol. The Morgan fingerprint density at radius 2 is 2.12 bits per heavy atom. The molecule has 6 heteroatoms. The van der Waals surface area contributed by atoms with E-state index >= 15 is 0 Å². The van der Waals surface area contributed by atoms with Gasteiger partial charge in [-0.25, -0.2) is 9.97 Å². The van der Waals surface area contributed by atoms with E-state index in [2.05, 4.69) is 41.2 Å². The molecule has 0 aliphatic heterocycles. The molecular formula is C11H14ClN5. The van der Waals surface area contributed by atoms with Gasteiger partial charge in [0, 0.05) is 12.4 Å². The monoisotopic (exact) mass is 251 g/mol. The van der Waals surface area contributed by atoms with Crippen molar-refractivity contribution in [3.8, 4) is 0 Å². The third-order valence-electron chi connectivity index (χ3n) is 2.15. The van der Waals surface area contributed by atoms with Crippen LogP contribution in [0.2, 0.25) is 5.15 Å². The molecule has 0 unspecified atom stereocenters. The van der Waals surface area contributed by atoms with Crippen LogP contribution in [0.4, 0.5) is 11.6 Å². The third kappa shape index (κ3) is 2.94. The maximum absolute atomic E-state index is 5.78. The molecule has 0 saturated carbocycles. The van der Waals surface area contributed by atoms with Crippen LogP contribution in [0.25, 0.3) is 0 Å². The summed E-state index contributed by atoms with van der Waals surface area (Å²) in [6, 6.07) is 1.63. The van der Waals surface area contributed by atoms with Crippen LogP contribution >= 0.6 is 11.6 Å².